The third kappa shape index (κ3) is 6.11. The molecule has 0 spiro atoms. The van der Waals surface area contributed by atoms with E-state index in [0.29, 0.717) is 19.4 Å². The van der Waals surface area contributed by atoms with E-state index in [4.69, 9.17) is 5.11 Å². The second kappa shape index (κ2) is 7.70. The van der Waals surface area contributed by atoms with E-state index < -0.39 is 36.8 Å². The van der Waals surface area contributed by atoms with Gasteiger partial charge in [0.2, 0.25) is 18.2 Å². The number of amides is 2. The molecule has 1 saturated heterocycles. The maximum Gasteiger partial charge on any atom is 0.326 e. The van der Waals surface area contributed by atoms with Crippen LogP contribution in [-0.4, -0.2) is 52.8 Å². The fraction of sp³-hybridized carbons (Fsp3) is 0.800. The van der Waals surface area contributed by atoms with Gasteiger partial charge in [-0.15, -0.1) is 0 Å². The first-order valence-corrected chi connectivity index (χ1v) is 7.62. The zero-order valence-electron chi connectivity index (χ0n) is 13.6. The molecule has 0 aliphatic carbocycles. The molecular weight excluding hydrogens is 310 g/mol. The van der Waals surface area contributed by atoms with Gasteiger partial charge in [0, 0.05) is 19.4 Å². The minimum Gasteiger partial charge on any atom is -0.480 e. The van der Waals surface area contributed by atoms with Crippen molar-refractivity contribution < 1.29 is 28.3 Å². The second-order valence-electron chi connectivity index (χ2n) is 7.01. The summed E-state index contributed by atoms with van der Waals surface area (Å²) in [5.41, 5.74) is -0.236. The predicted molar refractivity (Wildman–Crippen MR) is 79.0 cm³/mol. The van der Waals surface area contributed by atoms with Crippen molar-refractivity contribution in [2.75, 3.05) is 6.54 Å². The largest absolute Gasteiger partial charge is 0.480 e. The Balaban J connectivity index is 2.73. The molecule has 2 unspecified atom stereocenters. The number of carboxylic acids is 1. The van der Waals surface area contributed by atoms with Gasteiger partial charge in [0.25, 0.3) is 0 Å². The summed E-state index contributed by atoms with van der Waals surface area (Å²) < 4.78 is 24.8. The zero-order valence-corrected chi connectivity index (χ0v) is 13.6. The van der Waals surface area contributed by atoms with E-state index in [1.807, 2.05) is 20.8 Å². The van der Waals surface area contributed by atoms with Crippen molar-refractivity contribution >= 4 is 17.8 Å². The van der Waals surface area contributed by atoms with Gasteiger partial charge in [-0.25, -0.2) is 13.6 Å². The molecule has 23 heavy (non-hydrogen) atoms. The number of halogens is 2. The minimum atomic E-state index is -2.83. The molecule has 132 valence electrons. The van der Waals surface area contributed by atoms with E-state index in [-0.39, 0.29) is 17.7 Å². The molecule has 0 radical (unpaired) electrons. The number of likely N-dealkylation sites (tertiary alicyclic amines) is 1. The molecule has 0 aromatic carbocycles. The van der Waals surface area contributed by atoms with Crippen LogP contribution in [0.15, 0.2) is 0 Å². The highest BCUT2D eigenvalue weighted by atomic mass is 19.3. The number of carbonyl (C=O) groups excluding carboxylic acids is 2. The third-order valence-electron chi connectivity index (χ3n) is 3.59. The SMILES string of the molecule is CC(C)(C)CC(=O)N1CCCC1C(=O)NC(CC(F)F)C(=O)O. The molecule has 1 heterocycles. The maximum atomic E-state index is 12.4. The molecule has 0 aromatic rings. The van der Waals surface area contributed by atoms with Gasteiger partial charge in [0.15, 0.2) is 0 Å². The molecule has 8 heteroatoms. The highest BCUT2D eigenvalue weighted by molar-refractivity contribution is 5.91. The van der Waals surface area contributed by atoms with Gasteiger partial charge in [-0.3, -0.25) is 9.59 Å². The minimum absolute atomic E-state index is 0.184. The molecule has 1 aliphatic rings. The topological polar surface area (TPSA) is 86.7 Å². The average Bonchev–Trinajstić information content (AvgIpc) is 2.84. The summed E-state index contributed by atoms with van der Waals surface area (Å²) in [5, 5.41) is 11.0. The van der Waals surface area contributed by atoms with E-state index >= 15 is 0 Å². The molecule has 1 rings (SSSR count). The summed E-state index contributed by atoms with van der Waals surface area (Å²) in [6, 6.07) is -2.44. The Morgan fingerprint density at radius 3 is 2.39 bits per heavy atom. The third-order valence-corrected chi connectivity index (χ3v) is 3.59. The van der Waals surface area contributed by atoms with Crippen LogP contribution in [0.4, 0.5) is 8.78 Å². The van der Waals surface area contributed by atoms with Gasteiger partial charge >= 0.3 is 5.97 Å². The average molecular weight is 334 g/mol. The zero-order chi connectivity index (χ0) is 17.8. The molecule has 0 saturated carbocycles. The number of nitrogens with one attached hydrogen (secondary N) is 1. The van der Waals surface area contributed by atoms with E-state index in [1.54, 1.807) is 0 Å². The molecule has 0 aromatic heterocycles. The number of carboxylic acid groups (broad SMARTS) is 1. The second-order valence-corrected chi connectivity index (χ2v) is 7.01. The van der Waals surface area contributed by atoms with Crippen LogP contribution in [0.5, 0.6) is 0 Å². The van der Waals surface area contributed by atoms with Crippen LogP contribution < -0.4 is 5.32 Å². The van der Waals surface area contributed by atoms with Crippen molar-refractivity contribution in [3.63, 3.8) is 0 Å². The summed E-state index contributed by atoms with van der Waals surface area (Å²) in [6.45, 7) is 6.12. The number of hydrogen-bond acceptors (Lipinski definition) is 3. The van der Waals surface area contributed by atoms with Crippen LogP contribution in [0, 0.1) is 5.41 Å². The lowest BCUT2D eigenvalue weighted by atomic mass is 9.91. The highest BCUT2D eigenvalue weighted by Gasteiger charge is 2.37. The van der Waals surface area contributed by atoms with Crippen LogP contribution in [0.25, 0.3) is 0 Å². The Morgan fingerprint density at radius 2 is 1.91 bits per heavy atom. The van der Waals surface area contributed by atoms with Crippen LogP contribution in [0.2, 0.25) is 0 Å². The van der Waals surface area contributed by atoms with Crippen LogP contribution >= 0.6 is 0 Å². The van der Waals surface area contributed by atoms with E-state index in [1.165, 1.54) is 4.90 Å². The fourth-order valence-electron chi connectivity index (χ4n) is 2.56. The number of rotatable bonds is 6. The van der Waals surface area contributed by atoms with Crippen molar-refractivity contribution in [1.82, 2.24) is 10.2 Å². The van der Waals surface area contributed by atoms with Crippen molar-refractivity contribution in [2.45, 2.75) is 65.0 Å². The molecule has 0 bridgehead atoms. The monoisotopic (exact) mass is 334 g/mol. The number of nitrogens with zero attached hydrogens (tertiary/aromatic N) is 1. The van der Waals surface area contributed by atoms with Gasteiger partial charge in [0.1, 0.15) is 12.1 Å². The molecule has 2 amide bonds. The summed E-state index contributed by atoms with van der Waals surface area (Å²) in [7, 11) is 0. The van der Waals surface area contributed by atoms with Crippen LogP contribution in [-0.2, 0) is 14.4 Å². The molecule has 6 nitrogen and oxygen atoms in total. The maximum absolute atomic E-state index is 12.4. The molecule has 2 atom stereocenters. The lowest BCUT2D eigenvalue weighted by Crippen LogP contribution is -2.51. The van der Waals surface area contributed by atoms with Crippen molar-refractivity contribution in [3.05, 3.63) is 0 Å². The standard InChI is InChI=1S/C15H24F2N2O4/c1-15(2,3)8-12(20)19-6-4-5-10(19)13(21)18-9(14(22)23)7-11(16)17/h9-11H,4-8H2,1-3H3,(H,18,21)(H,22,23). The summed E-state index contributed by atoms with van der Waals surface area (Å²) in [4.78, 5) is 36.9. The Hall–Kier alpha value is -1.73. The van der Waals surface area contributed by atoms with Crippen molar-refractivity contribution in [1.29, 1.82) is 0 Å². The van der Waals surface area contributed by atoms with E-state index in [0.717, 1.165) is 0 Å². The first kappa shape index (κ1) is 19.3. The van der Waals surface area contributed by atoms with Crippen molar-refractivity contribution in [3.8, 4) is 0 Å². The fourth-order valence-corrected chi connectivity index (χ4v) is 2.56. The smallest absolute Gasteiger partial charge is 0.326 e. The van der Waals surface area contributed by atoms with E-state index in [2.05, 4.69) is 5.32 Å². The van der Waals surface area contributed by atoms with E-state index in [9.17, 15) is 23.2 Å². The van der Waals surface area contributed by atoms with Gasteiger partial charge in [-0.2, -0.15) is 0 Å². The predicted octanol–water partition coefficient (Wildman–Crippen LogP) is 1.64. The van der Waals surface area contributed by atoms with Crippen LogP contribution in [0.3, 0.4) is 0 Å². The number of alkyl halides is 2. The molecule has 1 aliphatic heterocycles. The Morgan fingerprint density at radius 1 is 1.30 bits per heavy atom. The number of aliphatic carboxylic acids is 1. The first-order chi connectivity index (χ1) is 10.5. The molecular formula is C15H24F2N2O4. The first-order valence-electron chi connectivity index (χ1n) is 7.62. The highest BCUT2D eigenvalue weighted by Crippen LogP contribution is 2.25. The molecule has 1 fully saturated rings. The Labute approximate surface area is 134 Å². The van der Waals surface area contributed by atoms with Gasteiger partial charge in [-0.05, 0) is 18.3 Å². The quantitative estimate of drug-likeness (QED) is 0.773. The molecule has 2 N–H and O–H groups in total. The van der Waals surface area contributed by atoms with Gasteiger partial charge in [-0.1, -0.05) is 20.8 Å². The van der Waals surface area contributed by atoms with Gasteiger partial charge < -0.3 is 15.3 Å². The number of hydrogen-bond donors (Lipinski definition) is 2. The van der Waals surface area contributed by atoms with Crippen molar-refractivity contribution in [2.24, 2.45) is 5.41 Å². The summed E-state index contributed by atoms with van der Waals surface area (Å²) in [6.07, 6.45) is -2.50. The summed E-state index contributed by atoms with van der Waals surface area (Å²) >= 11 is 0. The lowest BCUT2D eigenvalue weighted by Gasteiger charge is -2.28. The van der Waals surface area contributed by atoms with Gasteiger partial charge in [0.05, 0.1) is 0 Å². The van der Waals surface area contributed by atoms with Crippen LogP contribution in [0.1, 0.15) is 46.5 Å². The summed E-state index contributed by atoms with van der Waals surface area (Å²) in [5.74, 6) is -2.38. The Bertz CT molecular complexity index is 463. The lowest BCUT2D eigenvalue weighted by molar-refractivity contribution is -0.145. The normalized spacial score (nSPS) is 19.7. The Kier molecular flexibility index (Phi) is 6.47. The number of carbonyl (C=O) groups is 3.